The van der Waals surface area contributed by atoms with Crippen LogP contribution in [0.1, 0.15) is 39.3 Å². The number of aromatic amines is 1. The molecule has 0 fully saturated rings. The van der Waals surface area contributed by atoms with E-state index in [9.17, 15) is 22.8 Å². The van der Waals surface area contributed by atoms with Crippen LogP contribution in [0.4, 0.5) is 13.2 Å². The molecule has 4 rings (SSSR count). The smallest absolute Gasteiger partial charge is 0.364 e. The second-order valence-corrected chi connectivity index (χ2v) is 7.69. The number of alkyl halides is 3. The molecule has 0 aliphatic carbocycles. The Hall–Kier alpha value is -3.53. The fraction of sp³-hybridized carbons (Fsp3) is 0.273. The molecule has 0 bridgehead atoms. The van der Waals surface area contributed by atoms with Crippen LogP contribution >= 0.6 is 0 Å². The zero-order chi connectivity index (χ0) is 23.0. The highest BCUT2D eigenvalue weighted by molar-refractivity contribution is 5.91. The highest BCUT2D eigenvalue weighted by Crippen LogP contribution is 2.28. The van der Waals surface area contributed by atoms with Crippen molar-refractivity contribution in [3.8, 4) is 0 Å². The molecular weight excluding hydrogens is 423 g/mol. The average Bonchev–Trinajstić information content (AvgIpc) is 2.73. The van der Waals surface area contributed by atoms with Crippen LogP contribution < -0.4 is 11.3 Å². The largest absolute Gasteiger partial charge is 0.421 e. The lowest BCUT2D eigenvalue weighted by molar-refractivity contribution is -0.138. The van der Waals surface area contributed by atoms with E-state index >= 15 is 0 Å². The Labute approximate surface area is 180 Å². The van der Waals surface area contributed by atoms with E-state index in [1.54, 1.807) is 12.1 Å². The number of hydrogen-bond acceptors (Lipinski definition) is 5. The topological polar surface area (TPSA) is 105 Å². The summed E-state index contributed by atoms with van der Waals surface area (Å²) in [5, 5.41) is 0. The van der Waals surface area contributed by atoms with Crippen LogP contribution in [0.25, 0.3) is 16.6 Å². The summed E-state index contributed by atoms with van der Waals surface area (Å²) in [6.07, 6.45) is -0.348. The zero-order valence-electron chi connectivity index (χ0n) is 17.2. The number of aromatic nitrogens is 3. The van der Waals surface area contributed by atoms with Crippen molar-refractivity contribution in [1.29, 1.82) is 0 Å². The summed E-state index contributed by atoms with van der Waals surface area (Å²) in [5.41, 5.74) is 7.05. The van der Waals surface area contributed by atoms with E-state index < -0.39 is 23.2 Å². The van der Waals surface area contributed by atoms with Crippen molar-refractivity contribution < 1.29 is 18.0 Å². The molecule has 3 aromatic rings. The van der Waals surface area contributed by atoms with E-state index in [1.165, 1.54) is 6.20 Å². The van der Waals surface area contributed by atoms with Crippen LogP contribution in [0.3, 0.4) is 0 Å². The number of amides is 1. The minimum absolute atomic E-state index is 0.0869. The highest BCUT2D eigenvalue weighted by Gasteiger charge is 2.34. The summed E-state index contributed by atoms with van der Waals surface area (Å²) in [6, 6.07) is 5.89. The molecular formula is C22H20F3N5O2. The van der Waals surface area contributed by atoms with Crippen molar-refractivity contribution in [1.82, 2.24) is 19.9 Å². The molecule has 32 heavy (non-hydrogen) atoms. The van der Waals surface area contributed by atoms with Gasteiger partial charge in [0.25, 0.3) is 11.5 Å². The summed E-state index contributed by atoms with van der Waals surface area (Å²) in [6.45, 7) is 3.78. The van der Waals surface area contributed by atoms with Crippen LogP contribution in [-0.4, -0.2) is 38.8 Å². The number of aryl methyl sites for hydroxylation is 1. The summed E-state index contributed by atoms with van der Waals surface area (Å²) >= 11 is 0. The minimum atomic E-state index is -4.73. The number of halogens is 3. The van der Waals surface area contributed by atoms with Crippen LogP contribution in [0, 0.1) is 6.92 Å². The lowest BCUT2D eigenvalue weighted by Crippen LogP contribution is -2.28. The van der Waals surface area contributed by atoms with Gasteiger partial charge in [-0.3, -0.25) is 19.5 Å². The molecule has 1 aliphatic rings. The van der Waals surface area contributed by atoms with Gasteiger partial charge in [-0.05, 0) is 48.2 Å². The predicted octanol–water partition coefficient (Wildman–Crippen LogP) is 3.03. The van der Waals surface area contributed by atoms with Crippen LogP contribution in [0.5, 0.6) is 0 Å². The Bertz CT molecular complexity index is 1300. The van der Waals surface area contributed by atoms with E-state index in [0.717, 1.165) is 41.4 Å². The maximum Gasteiger partial charge on any atom is 0.421 e. The highest BCUT2D eigenvalue weighted by atomic mass is 19.4. The van der Waals surface area contributed by atoms with E-state index in [2.05, 4.69) is 25.9 Å². The number of nitrogens with two attached hydrogens (primary N) is 1. The Morgan fingerprint density at radius 1 is 1.28 bits per heavy atom. The van der Waals surface area contributed by atoms with Gasteiger partial charge in [0.05, 0.1) is 11.0 Å². The Balaban J connectivity index is 1.49. The third-order valence-corrected chi connectivity index (χ3v) is 5.44. The Morgan fingerprint density at radius 2 is 2.06 bits per heavy atom. The number of hydrogen-bond donors (Lipinski definition) is 2. The number of fused-ring (bicyclic) bond motifs is 1. The predicted molar refractivity (Wildman–Crippen MR) is 113 cm³/mol. The number of carbonyl (C=O) groups is 1. The molecule has 0 saturated heterocycles. The lowest BCUT2D eigenvalue weighted by atomic mass is 9.97. The van der Waals surface area contributed by atoms with Crippen molar-refractivity contribution in [3.63, 3.8) is 0 Å². The van der Waals surface area contributed by atoms with Crippen LogP contribution in [0.2, 0.25) is 0 Å². The van der Waals surface area contributed by atoms with Gasteiger partial charge in [0.1, 0.15) is 11.3 Å². The molecule has 3 aromatic heterocycles. The molecule has 0 radical (unpaired) electrons. The molecule has 3 N–H and O–H groups in total. The Morgan fingerprint density at radius 3 is 2.69 bits per heavy atom. The normalized spacial score (nSPS) is 15.1. The number of primary amides is 1. The van der Waals surface area contributed by atoms with Crippen molar-refractivity contribution in [2.45, 2.75) is 26.1 Å². The molecule has 0 unspecified atom stereocenters. The third kappa shape index (κ3) is 4.40. The third-order valence-electron chi connectivity index (χ3n) is 5.44. The molecule has 1 amide bonds. The SMILES string of the molecule is Cc1nc(C(N)=O)ccc1C1=CCN(Cc2cnc3cc(C(F)(F)F)c(=O)[nH]c3c2)CC1. The maximum absolute atomic E-state index is 12.9. The molecule has 7 nitrogen and oxygen atoms in total. The standard InChI is InChI=1S/C22H20F3N5O2/c1-12-15(2-3-17(28-12)20(26)31)14-4-6-30(7-5-14)11-13-8-19-18(27-10-13)9-16(21(32)29-19)22(23,24)25/h2-4,8-10H,5-7,11H2,1H3,(H2,26,31)(H,29,32). The van der Waals surface area contributed by atoms with Crippen molar-refractivity contribution in [2.24, 2.45) is 5.73 Å². The quantitative estimate of drug-likeness (QED) is 0.645. The summed E-state index contributed by atoms with van der Waals surface area (Å²) in [7, 11) is 0. The first-order chi connectivity index (χ1) is 15.1. The molecule has 0 aromatic carbocycles. The lowest BCUT2D eigenvalue weighted by Gasteiger charge is -2.27. The second kappa shape index (κ2) is 8.19. The van der Waals surface area contributed by atoms with E-state index in [-0.39, 0.29) is 16.7 Å². The van der Waals surface area contributed by atoms with Gasteiger partial charge in [-0.15, -0.1) is 0 Å². The van der Waals surface area contributed by atoms with Gasteiger partial charge in [-0.25, -0.2) is 4.98 Å². The summed E-state index contributed by atoms with van der Waals surface area (Å²) < 4.78 is 38.7. The van der Waals surface area contributed by atoms with Gasteiger partial charge in [-0.2, -0.15) is 13.2 Å². The maximum atomic E-state index is 12.9. The molecule has 4 heterocycles. The first kappa shape index (κ1) is 21.7. The fourth-order valence-electron chi connectivity index (χ4n) is 3.82. The number of carbonyl (C=O) groups excluding carboxylic acids is 1. The van der Waals surface area contributed by atoms with Gasteiger partial charge in [0, 0.05) is 31.5 Å². The van der Waals surface area contributed by atoms with Crippen LogP contribution in [-0.2, 0) is 12.7 Å². The van der Waals surface area contributed by atoms with Gasteiger partial charge < -0.3 is 10.7 Å². The first-order valence-corrected chi connectivity index (χ1v) is 9.90. The van der Waals surface area contributed by atoms with Gasteiger partial charge >= 0.3 is 6.18 Å². The van der Waals surface area contributed by atoms with Crippen molar-refractivity contribution >= 4 is 22.5 Å². The number of pyridine rings is 3. The first-order valence-electron chi connectivity index (χ1n) is 9.90. The van der Waals surface area contributed by atoms with Gasteiger partial charge in [-0.1, -0.05) is 12.1 Å². The number of nitrogens with one attached hydrogen (secondary N) is 1. The van der Waals surface area contributed by atoms with Gasteiger partial charge in [0.15, 0.2) is 0 Å². The minimum Gasteiger partial charge on any atom is -0.364 e. The molecule has 166 valence electrons. The summed E-state index contributed by atoms with van der Waals surface area (Å²) in [4.78, 5) is 35.9. The van der Waals surface area contributed by atoms with E-state index in [0.29, 0.717) is 13.1 Å². The number of nitrogens with zero attached hydrogens (tertiary/aromatic N) is 3. The monoisotopic (exact) mass is 443 g/mol. The average molecular weight is 443 g/mol. The second-order valence-electron chi connectivity index (χ2n) is 7.69. The molecule has 0 saturated carbocycles. The number of rotatable bonds is 4. The summed E-state index contributed by atoms with van der Waals surface area (Å²) in [5.74, 6) is -0.566. The van der Waals surface area contributed by atoms with Crippen molar-refractivity contribution in [3.05, 3.63) is 75.0 Å². The fourth-order valence-corrected chi connectivity index (χ4v) is 3.82. The zero-order valence-corrected chi connectivity index (χ0v) is 17.2. The van der Waals surface area contributed by atoms with Crippen molar-refractivity contribution in [2.75, 3.05) is 13.1 Å². The molecule has 0 atom stereocenters. The van der Waals surface area contributed by atoms with Crippen LogP contribution in [0.15, 0.2) is 41.3 Å². The molecule has 10 heteroatoms. The molecule has 0 spiro atoms. The number of H-pyrrole nitrogens is 1. The van der Waals surface area contributed by atoms with E-state index in [1.807, 2.05) is 13.0 Å². The molecule has 1 aliphatic heterocycles. The van der Waals surface area contributed by atoms with Gasteiger partial charge in [0.2, 0.25) is 0 Å². The Kier molecular flexibility index (Phi) is 5.55. The van der Waals surface area contributed by atoms with E-state index in [4.69, 9.17) is 5.73 Å².